The fourth-order valence-electron chi connectivity index (χ4n) is 3.25. The van der Waals surface area contributed by atoms with Gasteiger partial charge < -0.3 is 19.5 Å². The Morgan fingerprint density at radius 3 is 2.11 bits per heavy atom. The fourth-order valence-corrected chi connectivity index (χ4v) is 3.25. The van der Waals surface area contributed by atoms with Crippen molar-refractivity contribution in [3.8, 4) is 0 Å². The third-order valence-corrected chi connectivity index (χ3v) is 4.67. The van der Waals surface area contributed by atoms with Gasteiger partial charge in [0.05, 0.1) is 17.8 Å². The minimum Gasteiger partial charge on any atom is -0.462 e. The number of anilines is 1. The van der Waals surface area contributed by atoms with Crippen molar-refractivity contribution in [1.82, 2.24) is 15.6 Å². The molecular weight excluding hydrogens is 490 g/mol. The Morgan fingerprint density at radius 1 is 0.921 bits per heavy atom. The summed E-state index contributed by atoms with van der Waals surface area (Å²) in [5, 5.41) is 9.08. The highest BCUT2D eigenvalue weighted by Gasteiger charge is 2.21. The number of benzene rings is 1. The van der Waals surface area contributed by atoms with Crippen LogP contribution in [0.2, 0.25) is 0 Å². The number of guanidine groups is 1. The number of carbonyl (C=O) groups is 3. The SMILES string of the molecule is CCOC(=O)c1cnc2ccccc2c1NCCCCN=C(NC(=O)OC(C)(C)C)NC(=O)OC(C)(C)C. The van der Waals surface area contributed by atoms with E-state index in [0.717, 1.165) is 10.9 Å². The lowest BCUT2D eigenvalue weighted by atomic mass is 10.1. The van der Waals surface area contributed by atoms with E-state index in [-0.39, 0.29) is 12.6 Å². The second kappa shape index (κ2) is 13.6. The summed E-state index contributed by atoms with van der Waals surface area (Å²) in [4.78, 5) is 45.6. The fraction of sp³-hybridized carbons (Fsp3) is 0.519. The molecule has 2 aromatic rings. The van der Waals surface area contributed by atoms with Crippen molar-refractivity contribution in [2.45, 2.75) is 72.5 Å². The number of hydrogen-bond donors (Lipinski definition) is 3. The quantitative estimate of drug-likeness (QED) is 0.143. The average Bonchev–Trinajstić information content (AvgIpc) is 2.78. The van der Waals surface area contributed by atoms with E-state index in [0.29, 0.717) is 37.2 Å². The molecule has 1 aromatic carbocycles. The number of unbranched alkanes of at least 4 members (excludes halogenated alkanes) is 1. The lowest BCUT2D eigenvalue weighted by Crippen LogP contribution is -2.47. The molecule has 38 heavy (non-hydrogen) atoms. The second-order valence-electron chi connectivity index (χ2n) is 10.4. The molecule has 2 rings (SSSR count). The lowest BCUT2D eigenvalue weighted by Gasteiger charge is -2.22. The van der Waals surface area contributed by atoms with Crippen LogP contribution in [0.4, 0.5) is 15.3 Å². The molecule has 0 saturated heterocycles. The molecule has 208 valence electrons. The topological polar surface area (TPSA) is 140 Å². The molecule has 0 fully saturated rings. The van der Waals surface area contributed by atoms with E-state index >= 15 is 0 Å². The van der Waals surface area contributed by atoms with E-state index in [1.807, 2.05) is 24.3 Å². The Balaban J connectivity index is 2.03. The molecule has 0 saturated carbocycles. The number of nitrogens with zero attached hydrogens (tertiary/aromatic N) is 2. The van der Waals surface area contributed by atoms with Crippen molar-refractivity contribution in [1.29, 1.82) is 0 Å². The summed E-state index contributed by atoms with van der Waals surface area (Å²) < 4.78 is 15.7. The van der Waals surface area contributed by atoms with Crippen molar-refractivity contribution in [3.63, 3.8) is 0 Å². The van der Waals surface area contributed by atoms with Gasteiger partial charge in [0.2, 0.25) is 5.96 Å². The minimum absolute atomic E-state index is 0.0637. The summed E-state index contributed by atoms with van der Waals surface area (Å²) in [6.45, 7) is 13.3. The Kier molecular flexibility index (Phi) is 10.9. The van der Waals surface area contributed by atoms with E-state index in [2.05, 4.69) is 25.9 Å². The Labute approximate surface area is 223 Å². The maximum Gasteiger partial charge on any atom is 0.414 e. The van der Waals surface area contributed by atoms with Crippen molar-refractivity contribution >= 4 is 40.7 Å². The van der Waals surface area contributed by atoms with Crippen molar-refractivity contribution in [2.75, 3.05) is 25.0 Å². The first-order valence-corrected chi connectivity index (χ1v) is 12.6. The number of fused-ring (bicyclic) bond motifs is 1. The van der Waals surface area contributed by atoms with Gasteiger partial charge in [0, 0.05) is 24.7 Å². The molecule has 1 heterocycles. The molecule has 0 bridgehead atoms. The third kappa shape index (κ3) is 10.6. The first-order valence-electron chi connectivity index (χ1n) is 12.6. The number of ether oxygens (including phenoxy) is 3. The number of pyridine rings is 1. The maximum atomic E-state index is 12.5. The number of aromatic nitrogens is 1. The summed E-state index contributed by atoms with van der Waals surface area (Å²) >= 11 is 0. The number of hydrogen-bond acceptors (Lipinski definition) is 9. The lowest BCUT2D eigenvalue weighted by molar-refractivity contribution is 0.0518. The normalized spacial score (nSPS) is 11.3. The summed E-state index contributed by atoms with van der Waals surface area (Å²) in [5.74, 6) is -0.505. The van der Waals surface area contributed by atoms with E-state index in [1.54, 1.807) is 48.5 Å². The first kappa shape index (κ1) is 30.3. The van der Waals surface area contributed by atoms with Gasteiger partial charge in [0.15, 0.2) is 0 Å². The molecule has 1 aromatic heterocycles. The largest absolute Gasteiger partial charge is 0.462 e. The first-order chi connectivity index (χ1) is 17.8. The van der Waals surface area contributed by atoms with E-state index < -0.39 is 29.4 Å². The maximum absolute atomic E-state index is 12.5. The highest BCUT2D eigenvalue weighted by atomic mass is 16.6. The van der Waals surface area contributed by atoms with Crippen LogP contribution in [0.25, 0.3) is 10.9 Å². The van der Waals surface area contributed by atoms with E-state index in [4.69, 9.17) is 14.2 Å². The zero-order valence-corrected chi connectivity index (χ0v) is 23.3. The Morgan fingerprint density at radius 2 is 1.53 bits per heavy atom. The molecule has 2 amide bonds. The van der Waals surface area contributed by atoms with Gasteiger partial charge in [-0.15, -0.1) is 0 Å². The highest BCUT2D eigenvalue weighted by molar-refractivity contribution is 6.05. The summed E-state index contributed by atoms with van der Waals surface area (Å²) in [6.07, 6.45) is 1.34. The van der Waals surface area contributed by atoms with Gasteiger partial charge in [0.1, 0.15) is 16.8 Å². The van der Waals surface area contributed by atoms with Crippen LogP contribution in [0.15, 0.2) is 35.5 Å². The number of nitrogens with one attached hydrogen (secondary N) is 3. The molecule has 3 N–H and O–H groups in total. The molecule has 0 aliphatic heterocycles. The minimum atomic E-state index is -0.745. The summed E-state index contributed by atoms with van der Waals surface area (Å²) in [7, 11) is 0. The van der Waals surface area contributed by atoms with Crippen molar-refractivity contribution in [3.05, 3.63) is 36.0 Å². The van der Waals surface area contributed by atoms with Crippen molar-refractivity contribution < 1.29 is 28.6 Å². The van der Waals surface area contributed by atoms with Crippen molar-refractivity contribution in [2.24, 2.45) is 4.99 Å². The molecule has 0 aliphatic rings. The number of aliphatic imine (C=N–C) groups is 1. The highest BCUT2D eigenvalue weighted by Crippen LogP contribution is 2.26. The van der Waals surface area contributed by atoms with Crippen LogP contribution in [0, 0.1) is 0 Å². The molecule has 0 unspecified atom stereocenters. The monoisotopic (exact) mass is 529 g/mol. The number of alkyl carbamates (subject to hydrolysis) is 2. The Hall–Kier alpha value is -3.89. The van der Waals surface area contributed by atoms with Crippen LogP contribution >= 0.6 is 0 Å². The predicted octanol–water partition coefficient (Wildman–Crippen LogP) is 5.01. The van der Waals surface area contributed by atoms with Gasteiger partial charge in [-0.3, -0.25) is 20.6 Å². The summed E-state index contributed by atoms with van der Waals surface area (Å²) in [5.41, 5.74) is 0.364. The van der Waals surface area contributed by atoms with Gasteiger partial charge in [0.25, 0.3) is 0 Å². The van der Waals surface area contributed by atoms with Crippen LogP contribution in [0.3, 0.4) is 0 Å². The van der Waals surface area contributed by atoms with Crippen LogP contribution in [-0.4, -0.2) is 60.0 Å². The molecule has 11 heteroatoms. The number of rotatable bonds is 8. The number of carbonyl (C=O) groups excluding carboxylic acids is 3. The zero-order valence-electron chi connectivity index (χ0n) is 23.3. The Bertz CT molecular complexity index is 1120. The second-order valence-corrected chi connectivity index (χ2v) is 10.4. The van der Waals surface area contributed by atoms with E-state index in [9.17, 15) is 14.4 Å². The third-order valence-electron chi connectivity index (χ3n) is 4.67. The molecule has 11 nitrogen and oxygen atoms in total. The number of amides is 2. The van der Waals surface area contributed by atoms with Gasteiger partial charge in [-0.25, -0.2) is 14.4 Å². The predicted molar refractivity (Wildman–Crippen MR) is 146 cm³/mol. The van der Waals surface area contributed by atoms with Gasteiger partial charge in [-0.2, -0.15) is 0 Å². The molecule has 0 aliphatic carbocycles. The van der Waals surface area contributed by atoms with Gasteiger partial charge >= 0.3 is 18.2 Å². The smallest absolute Gasteiger partial charge is 0.414 e. The zero-order chi connectivity index (χ0) is 28.3. The molecular formula is C27H39N5O6. The van der Waals surface area contributed by atoms with Crippen LogP contribution in [0.5, 0.6) is 0 Å². The number of para-hydroxylation sites is 1. The van der Waals surface area contributed by atoms with Crippen LogP contribution < -0.4 is 16.0 Å². The average molecular weight is 530 g/mol. The summed E-state index contributed by atoms with van der Waals surface area (Å²) in [6, 6.07) is 7.54. The number of esters is 1. The molecule has 0 atom stereocenters. The van der Waals surface area contributed by atoms with Crippen LogP contribution in [0.1, 0.15) is 71.7 Å². The van der Waals surface area contributed by atoms with E-state index in [1.165, 1.54) is 6.20 Å². The molecule has 0 spiro atoms. The molecule has 0 radical (unpaired) electrons. The van der Waals surface area contributed by atoms with Crippen LogP contribution in [-0.2, 0) is 14.2 Å². The standard InChI is InChI=1S/C27H39N5O6/c1-8-36-22(33)19-17-30-20-14-10-9-13-18(20)21(19)28-15-11-12-16-29-23(31-24(34)37-26(2,3)4)32-25(35)38-27(5,6)7/h9-10,13-14,17H,8,11-12,15-16H2,1-7H3,(H,28,30)(H2,29,31,32,34,35). The van der Waals surface area contributed by atoms with Gasteiger partial charge in [-0.1, -0.05) is 18.2 Å². The van der Waals surface area contributed by atoms with Gasteiger partial charge in [-0.05, 0) is 67.4 Å².